The highest BCUT2D eigenvalue weighted by atomic mass is 16.5. The maximum Gasteiger partial charge on any atom is 0.226 e. The zero-order chi connectivity index (χ0) is 18.1. The van der Waals surface area contributed by atoms with Crippen LogP contribution in [0.2, 0.25) is 0 Å². The molecule has 0 bridgehead atoms. The zero-order valence-corrected chi connectivity index (χ0v) is 15.6. The maximum absolute atomic E-state index is 12.8. The molecule has 0 saturated carbocycles. The summed E-state index contributed by atoms with van der Waals surface area (Å²) in [5.41, 5.74) is 2.05. The first-order chi connectivity index (χ1) is 12.6. The van der Waals surface area contributed by atoms with Crippen molar-refractivity contribution in [3.63, 3.8) is 0 Å². The van der Waals surface area contributed by atoms with Crippen LogP contribution in [-0.4, -0.2) is 53.2 Å². The van der Waals surface area contributed by atoms with Gasteiger partial charge in [-0.1, -0.05) is 12.1 Å². The van der Waals surface area contributed by atoms with E-state index in [0.717, 1.165) is 49.2 Å². The average molecular weight is 356 g/mol. The molecule has 2 fully saturated rings. The Kier molecular flexibility index (Phi) is 4.96. The number of carbonyl (C=O) groups excluding carboxylic acids is 1. The van der Waals surface area contributed by atoms with Gasteiger partial charge in [0.05, 0.1) is 29.6 Å². The molecule has 26 heavy (non-hydrogen) atoms. The molecule has 6 nitrogen and oxygen atoms in total. The summed E-state index contributed by atoms with van der Waals surface area (Å²) in [7, 11) is 4.16. The Labute approximate surface area is 154 Å². The standard InChI is InChI=1S/C20H28N4O2/c1-23-10-7-14(8-11-23)19-15(9-12-26-19)20(25)21-13-18-22-16-5-3-4-6-17(16)24(18)2/h3-6,14-15,19H,7-13H2,1-2H3,(H,21,25)/t15-,19+/m0/s1. The monoisotopic (exact) mass is 356 g/mol. The molecule has 0 aliphatic carbocycles. The summed E-state index contributed by atoms with van der Waals surface area (Å²) in [5, 5.41) is 3.11. The first-order valence-corrected chi connectivity index (χ1v) is 9.61. The first-order valence-electron chi connectivity index (χ1n) is 9.61. The van der Waals surface area contributed by atoms with Crippen molar-refractivity contribution in [1.29, 1.82) is 0 Å². The Morgan fingerprint density at radius 1 is 1.23 bits per heavy atom. The van der Waals surface area contributed by atoms with Crippen LogP contribution in [0.1, 0.15) is 25.1 Å². The Hall–Kier alpha value is -1.92. The molecular weight excluding hydrogens is 328 g/mol. The molecule has 0 radical (unpaired) electrons. The van der Waals surface area contributed by atoms with Gasteiger partial charge >= 0.3 is 0 Å². The van der Waals surface area contributed by atoms with Crippen molar-refractivity contribution in [3.8, 4) is 0 Å². The van der Waals surface area contributed by atoms with E-state index < -0.39 is 0 Å². The molecule has 6 heteroatoms. The molecule has 140 valence electrons. The third kappa shape index (κ3) is 3.35. The molecule has 2 aliphatic heterocycles. The van der Waals surface area contributed by atoms with Crippen LogP contribution >= 0.6 is 0 Å². The first kappa shape index (κ1) is 17.5. The van der Waals surface area contributed by atoms with Crippen LogP contribution in [0.4, 0.5) is 0 Å². The van der Waals surface area contributed by atoms with Gasteiger partial charge in [0.2, 0.25) is 5.91 Å². The third-order valence-electron chi connectivity index (χ3n) is 6.00. The average Bonchev–Trinajstić information content (AvgIpc) is 3.26. The number of likely N-dealkylation sites (tertiary alicyclic amines) is 1. The normalized spacial score (nSPS) is 25.0. The van der Waals surface area contributed by atoms with Crippen molar-refractivity contribution in [1.82, 2.24) is 19.8 Å². The second-order valence-corrected chi connectivity index (χ2v) is 7.66. The minimum atomic E-state index is -0.0295. The van der Waals surface area contributed by atoms with Gasteiger partial charge in [-0.2, -0.15) is 0 Å². The van der Waals surface area contributed by atoms with Crippen LogP contribution in [-0.2, 0) is 23.1 Å². The van der Waals surface area contributed by atoms with E-state index in [0.29, 0.717) is 19.1 Å². The number of benzene rings is 1. The van der Waals surface area contributed by atoms with Crippen LogP contribution in [0.25, 0.3) is 11.0 Å². The van der Waals surface area contributed by atoms with Crippen LogP contribution in [0.15, 0.2) is 24.3 Å². The Morgan fingerprint density at radius 3 is 2.77 bits per heavy atom. The molecule has 1 amide bonds. The number of ether oxygens (including phenoxy) is 1. The number of piperidine rings is 1. The van der Waals surface area contributed by atoms with Gasteiger partial charge in [-0.3, -0.25) is 4.79 Å². The fourth-order valence-electron chi connectivity index (χ4n) is 4.36. The van der Waals surface area contributed by atoms with E-state index in [9.17, 15) is 4.79 Å². The van der Waals surface area contributed by atoms with Gasteiger partial charge < -0.3 is 19.5 Å². The summed E-state index contributed by atoms with van der Waals surface area (Å²) < 4.78 is 8.04. The van der Waals surface area contributed by atoms with Gasteiger partial charge in [0.1, 0.15) is 5.82 Å². The highest BCUT2D eigenvalue weighted by Crippen LogP contribution is 2.33. The molecule has 0 unspecified atom stereocenters. The number of hydrogen-bond acceptors (Lipinski definition) is 4. The Morgan fingerprint density at radius 2 is 2.00 bits per heavy atom. The van der Waals surface area contributed by atoms with Crippen molar-refractivity contribution in [2.75, 3.05) is 26.7 Å². The smallest absolute Gasteiger partial charge is 0.226 e. The lowest BCUT2D eigenvalue weighted by Crippen LogP contribution is -2.42. The lowest BCUT2D eigenvalue weighted by molar-refractivity contribution is -0.128. The molecule has 2 aromatic rings. The number of aryl methyl sites for hydroxylation is 1. The Balaban J connectivity index is 1.40. The van der Waals surface area contributed by atoms with E-state index in [1.54, 1.807) is 0 Å². The summed E-state index contributed by atoms with van der Waals surface area (Å²) in [6.07, 6.45) is 3.14. The van der Waals surface area contributed by atoms with E-state index in [2.05, 4.69) is 32.9 Å². The molecule has 3 heterocycles. The molecule has 1 N–H and O–H groups in total. The Bertz CT molecular complexity index is 779. The predicted molar refractivity (Wildman–Crippen MR) is 101 cm³/mol. The van der Waals surface area contributed by atoms with Gasteiger partial charge in [0.25, 0.3) is 0 Å². The number of fused-ring (bicyclic) bond motifs is 1. The quantitative estimate of drug-likeness (QED) is 0.910. The molecule has 4 rings (SSSR count). The minimum absolute atomic E-state index is 0.0295. The zero-order valence-electron chi connectivity index (χ0n) is 15.6. The van der Waals surface area contributed by atoms with Gasteiger partial charge in [0.15, 0.2) is 0 Å². The van der Waals surface area contributed by atoms with Gasteiger partial charge in [-0.15, -0.1) is 0 Å². The molecule has 2 aliphatic rings. The predicted octanol–water partition coefficient (Wildman–Crippen LogP) is 1.94. The number of amides is 1. The minimum Gasteiger partial charge on any atom is -0.377 e. The second-order valence-electron chi connectivity index (χ2n) is 7.66. The van der Waals surface area contributed by atoms with Crippen molar-refractivity contribution >= 4 is 16.9 Å². The lowest BCUT2D eigenvalue weighted by atomic mass is 9.84. The van der Waals surface area contributed by atoms with Crippen LogP contribution in [0.3, 0.4) is 0 Å². The molecule has 0 spiro atoms. The van der Waals surface area contributed by atoms with Gasteiger partial charge in [-0.25, -0.2) is 4.98 Å². The van der Waals surface area contributed by atoms with E-state index in [1.165, 1.54) is 0 Å². The summed E-state index contributed by atoms with van der Waals surface area (Å²) in [5.74, 6) is 1.46. The number of nitrogens with zero attached hydrogens (tertiary/aromatic N) is 3. The molecular formula is C20H28N4O2. The lowest BCUT2D eigenvalue weighted by Gasteiger charge is -2.34. The number of imidazole rings is 1. The fraction of sp³-hybridized carbons (Fsp3) is 0.600. The number of hydrogen-bond donors (Lipinski definition) is 1. The summed E-state index contributed by atoms with van der Waals surface area (Å²) in [6.45, 7) is 3.35. The summed E-state index contributed by atoms with van der Waals surface area (Å²) in [4.78, 5) is 19.8. The highest BCUT2D eigenvalue weighted by Gasteiger charge is 2.39. The third-order valence-corrected chi connectivity index (χ3v) is 6.00. The van der Waals surface area contributed by atoms with Crippen molar-refractivity contribution < 1.29 is 9.53 Å². The fourth-order valence-corrected chi connectivity index (χ4v) is 4.36. The molecule has 2 atom stereocenters. The number of nitrogens with one attached hydrogen (secondary N) is 1. The highest BCUT2D eigenvalue weighted by molar-refractivity contribution is 5.80. The van der Waals surface area contributed by atoms with Crippen LogP contribution < -0.4 is 5.32 Å². The molecule has 2 saturated heterocycles. The van der Waals surface area contributed by atoms with E-state index >= 15 is 0 Å². The van der Waals surface area contributed by atoms with E-state index in [1.807, 2.05) is 25.2 Å². The second kappa shape index (κ2) is 7.37. The van der Waals surface area contributed by atoms with Crippen LogP contribution in [0.5, 0.6) is 0 Å². The van der Waals surface area contributed by atoms with E-state index in [4.69, 9.17) is 4.74 Å². The largest absolute Gasteiger partial charge is 0.377 e. The topological polar surface area (TPSA) is 59.4 Å². The number of carbonyl (C=O) groups is 1. The molecule has 1 aromatic carbocycles. The number of rotatable bonds is 4. The van der Waals surface area contributed by atoms with Gasteiger partial charge in [-0.05, 0) is 57.5 Å². The van der Waals surface area contributed by atoms with E-state index in [-0.39, 0.29) is 17.9 Å². The number of para-hydroxylation sites is 2. The van der Waals surface area contributed by atoms with Gasteiger partial charge in [0, 0.05) is 13.7 Å². The summed E-state index contributed by atoms with van der Waals surface area (Å²) in [6, 6.07) is 8.05. The summed E-state index contributed by atoms with van der Waals surface area (Å²) >= 11 is 0. The molecule has 1 aromatic heterocycles. The number of aromatic nitrogens is 2. The maximum atomic E-state index is 12.8. The SMILES string of the molecule is CN1CCC([C@H]2OCC[C@@H]2C(=O)NCc2nc3ccccc3n2C)CC1. The van der Waals surface area contributed by atoms with Crippen molar-refractivity contribution in [3.05, 3.63) is 30.1 Å². The van der Waals surface area contributed by atoms with Crippen molar-refractivity contribution in [2.24, 2.45) is 18.9 Å². The van der Waals surface area contributed by atoms with Crippen LogP contribution in [0, 0.1) is 11.8 Å². The van der Waals surface area contributed by atoms with Crippen molar-refractivity contribution in [2.45, 2.75) is 31.9 Å².